The fourth-order valence-corrected chi connectivity index (χ4v) is 7.23. The van der Waals surface area contributed by atoms with Crippen LogP contribution in [0.3, 0.4) is 0 Å². The van der Waals surface area contributed by atoms with Crippen molar-refractivity contribution in [1.29, 1.82) is 0 Å². The SMILES string of the molecule is C[C@@H]1c2ccsc2CCN1C(=O)c1cc(C2CC2)n2nc(-c3ccc(N4CCC(CC(N)=O)C4)cc3F)cc2n1. The molecule has 1 aliphatic carbocycles. The zero-order valence-corrected chi connectivity index (χ0v) is 23.2. The second kappa shape index (κ2) is 9.69. The van der Waals surface area contributed by atoms with Gasteiger partial charge in [0.2, 0.25) is 5.91 Å². The van der Waals surface area contributed by atoms with Crippen molar-refractivity contribution in [3.05, 3.63) is 69.4 Å². The number of hydrogen-bond acceptors (Lipinski definition) is 6. The third-order valence-corrected chi connectivity index (χ3v) is 9.57. The molecule has 0 spiro atoms. The summed E-state index contributed by atoms with van der Waals surface area (Å²) in [4.78, 5) is 35.1. The zero-order valence-electron chi connectivity index (χ0n) is 22.3. The smallest absolute Gasteiger partial charge is 0.273 e. The summed E-state index contributed by atoms with van der Waals surface area (Å²) < 4.78 is 17.2. The van der Waals surface area contributed by atoms with E-state index in [-0.39, 0.29) is 29.6 Å². The molecule has 40 heavy (non-hydrogen) atoms. The van der Waals surface area contributed by atoms with Crippen molar-refractivity contribution in [2.45, 2.75) is 51.0 Å². The minimum atomic E-state index is -0.364. The third-order valence-electron chi connectivity index (χ3n) is 8.58. The highest BCUT2D eigenvalue weighted by atomic mass is 32.1. The number of nitrogens with two attached hydrogens (primary N) is 1. The molecule has 206 valence electrons. The van der Waals surface area contributed by atoms with Crippen LogP contribution in [0.2, 0.25) is 0 Å². The van der Waals surface area contributed by atoms with Crippen LogP contribution in [0.4, 0.5) is 10.1 Å². The number of hydrogen-bond donors (Lipinski definition) is 1. The van der Waals surface area contributed by atoms with Crippen molar-refractivity contribution >= 4 is 34.5 Å². The van der Waals surface area contributed by atoms with E-state index in [1.807, 2.05) is 17.0 Å². The van der Waals surface area contributed by atoms with E-state index >= 15 is 4.39 Å². The molecule has 0 bridgehead atoms. The van der Waals surface area contributed by atoms with Gasteiger partial charge in [0, 0.05) is 59.9 Å². The van der Waals surface area contributed by atoms with Crippen LogP contribution in [0.5, 0.6) is 0 Å². The normalized spacial score (nSPS) is 20.8. The van der Waals surface area contributed by atoms with E-state index in [2.05, 4.69) is 23.3 Å². The number of nitrogens with zero attached hydrogens (tertiary/aromatic N) is 5. The molecule has 7 rings (SSSR count). The molecule has 1 saturated heterocycles. The first kappa shape index (κ1) is 25.2. The minimum Gasteiger partial charge on any atom is -0.371 e. The number of anilines is 1. The lowest BCUT2D eigenvalue weighted by atomic mass is 10.0. The number of primary amides is 1. The molecule has 3 aromatic heterocycles. The number of rotatable bonds is 6. The Kier molecular flexibility index (Phi) is 6.10. The molecule has 2 N–H and O–H groups in total. The minimum absolute atomic E-state index is 0.000311. The van der Waals surface area contributed by atoms with Crippen molar-refractivity contribution in [3.8, 4) is 11.3 Å². The van der Waals surface area contributed by atoms with Crippen LogP contribution in [0.15, 0.2) is 41.8 Å². The summed E-state index contributed by atoms with van der Waals surface area (Å²) in [7, 11) is 0. The Morgan fingerprint density at radius 2 is 1.98 bits per heavy atom. The number of halogens is 1. The largest absolute Gasteiger partial charge is 0.371 e. The highest BCUT2D eigenvalue weighted by Gasteiger charge is 2.33. The van der Waals surface area contributed by atoms with Gasteiger partial charge >= 0.3 is 0 Å². The summed E-state index contributed by atoms with van der Waals surface area (Å²) >= 11 is 1.75. The first-order chi connectivity index (χ1) is 19.4. The van der Waals surface area contributed by atoms with Gasteiger partial charge in [0.1, 0.15) is 11.5 Å². The van der Waals surface area contributed by atoms with Crippen LogP contribution in [0.1, 0.15) is 71.2 Å². The number of benzene rings is 1. The zero-order chi connectivity index (χ0) is 27.5. The summed E-state index contributed by atoms with van der Waals surface area (Å²) in [6.45, 7) is 4.19. The molecule has 8 nitrogen and oxygen atoms in total. The second-order valence-electron chi connectivity index (χ2n) is 11.3. The molecule has 1 unspecified atom stereocenters. The van der Waals surface area contributed by atoms with E-state index in [1.54, 1.807) is 28.0 Å². The van der Waals surface area contributed by atoms with Crippen molar-refractivity contribution < 1.29 is 14.0 Å². The topological polar surface area (TPSA) is 96.8 Å². The lowest BCUT2D eigenvalue weighted by molar-refractivity contribution is -0.118. The van der Waals surface area contributed by atoms with E-state index in [0.29, 0.717) is 48.0 Å². The van der Waals surface area contributed by atoms with Gasteiger partial charge in [0.05, 0.1) is 11.7 Å². The molecule has 2 atom stereocenters. The number of aromatic nitrogens is 3. The number of carbonyl (C=O) groups excluding carboxylic acids is 2. The first-order valence-electron chi connectivity index (χ1n) is 14.0. The Hall–Kier alpha value is -3.79. The van der Waals surface area contributed by atoms with Crippen molar-refractivity contribution in [2.75, 3.05) is 24.5 Å². The maximum absolute atomic E-state index is 15.5. The number of fused-ring (bicyclic) bond motifs is 2. The van der Waals surface area contributed by atoms with Gasteiger partial charge in [-0.1, -0.05) is 0 Å². The van der Waals surface area contributed by atoms with Gasteiger partial charge in [-0.2, -0.15) is 5.10 Å². The van der Waals surface area contributed by atoms with Crippen molar-refractivity contribution in [3.63, 3.8) is 0 Å². The standard InChI is InChI=1S/C30H31FN6O2S/c1-17-21-8-11-40-27(21)7-10-36(17)30(39)25-14-26(19-2-3-19)37-29(33-25)15-24(34-37)22-5-4-20(13-23(22)31)35-9-6-18(16-35)12-28(32)38/h4-5,8,11,13-15,17-19H,2-3,6-7,9-10,12,16H2,1H3,(H2,32,38)/t17-,18?/m1/s1. The number of thiophene rings is 1. The predicted octanol–water partition coefficient (Wildman–Crippen LogP) is 4.94. The summed E-state index contributed by atoms with van der Waals surface area (Å²) in [6.07, 6.45) is 4.15. The van der Waals surface area contributed by atoms with Crippen LogP contribution in [0.25, 0.3) is 16.9 Å². The number of carbonyl (C=O) groups is 2. The van der Waals surface area contributed by atoms with Gasteiger partial charge in [0.25, 0.3) is 5.91 Å². The molecular formula is C30H31FN6O2S. The highest BCUT2D eigenvalue weighted by molar-refractivity contribution is 7.10. The molecule has 2 aliphatic heterocycles. The Morgan fingerprint density at radius 3 is 2.75 bits per heavy atom. The van der Waals surface area contributed by atoms with Gasteiger partial charge in [0.15, 0.2) is 5.65 Å². The lowest BCUT2D eigenvalue weighted by Crippen LogP contribution is -2.38. The van der Waals surface area contributed by atoms with Crippen LogP contribution in [-0.2, 0) is 11.2 Å². The molecule has 2 fully saturated rings. The van der Waals surface area contributed by atoms with E-state index in [0.717, 1.165) is 43.6 Å². The van der Waals surface area contributed by atoms with Crippen molar-refractivity contribution in [1.82, 2.24) is 19.5 Å². The fraction of sp³-hybridized carbons (Fsp3) is 0.400. The molecule has 0 radical (unpaired) electrons. The van der Waals surface area contributed by atoms with Crippen LogP contribution < -0.4 is 10.6 Å². The highest BCUT2D eigenvalue weighted by Crippen LogP contribution is 2.41. The van der Waals surface area contributed by atoms with Gasteiger partial charge in [-0.05, 0) is 79.8 Å². The Balaban J connectivity index is 1.19. The molecule has 1 aromatic carbocycles. The van der Waals surface area contributed by atoms with E-state index in [1.165, 1.54) is 16.5 Å². The Bertz CT molecular complexity index is 1640. The fourth-order valence-electron chi connectivity index (χ4n) is 6.27. The van der Waals surface area contributed by atoms with Gasteiger partial charge in [-0.15, -0.1) is 11.3 Å². The molecule has 5 heterocycles. The molecule has 2 amide bonds. The van der Waals surface area contributed by atoms with Crippen LogP contribution in [-0.4, -0.2) is 50.9 Å². The van der Waals surface area contributed by atoms with Crippen LogP contribution >= 0.6 is 11.3 Å². The molecule has 10 heteroatoms. The van der Waals surface area contributed by atoms with Gasteiger partial charge < -0.3 is 15.5 Å². The molecule has 4 aromatic rings. The molecule has 1 saturated carbocycles. The maximum atomic E-state index is 15.5. The number of amides is 2. The molecule has 3 aliphatic rings. The summed E-state index contributed by atoms with van der Waals surface area (Å²) in [6, 6.07) is 11.0. The predicted molar refractivity (Wildman–Crippen MR) is 152 cm³/mol. The average Bonchev–Trinajstić information content (AvgIpc) is 3.29. The first-order valence-corrected chi connectivity index (χ1v) is 14.8. The Morgan fingerprint density at radius 1 is 1.12 bits per heavy atom. The van der Waals surface area contributed by atoms with E-state index < -0.39 is 0 Å². The summed E-state index contributed by atoms with van der Waals surface area (Å²) in [5.74, 6) is -0.221. The third kappa shape index (κ3) is 4.44. The Labute approximate surface area is 235 Å². The molecular weight excluding hydrogens is 527 g/mol. The average molecular weight is 559 g/mol. The second-order valence-corrected chi connectivity index (χ2v) is 12.3. The van der Waals surface area contributed by atoms with E-state index in [4.69, 9.17) is 15.8 Å². The van der Waals surface area contributed by atoms with Crippen molar-refractivity contribution in [2.24, 2.45) is 11.7 Å². The van der Waals surface area contributed by atoms with Gasteiger partial charge in [-0.3, -0.25) is 9.59 Å². The van der Waals surface area contributed by atoms with Gasteiger partial charge in [-0.25, -0.2) is 13.9 Å². The summed E-state index contributed by atoms with van der Waals surface area (Å²) in [5.41, 5.74) is 10.2. The summed E-state index contributed by atoms with van der Waals surface area (Å²) in [5, 5.41) is 6.85. The van der Waals surface area contributed by atoms with Crippen LogP contribution in [0, 0.1) is 11.7 Å². The van der Waals surface area contributed by atoms with E-state index in [9.17, 15) is 9.59 Å². The lowest BCUT2D eigenvalue weighted by Gasteiger charge is -2.33. The quantitative estimate of drug-likeness (QED) is 0.362. The monoisotopic (exact) mass is 558 g/mol. The maximum Gasteiger partial charge on any atom is 0.273 e.